The zero-order chi connectivity index (χ0) is 36.9. The molecule has 12 nitrogen and oxygen atoms in total. The lowest BCUT2D eigenvalue weighted by molar-refractivity contribution is -0.131. The SMILES string of the molecule is COC(=O)NCC(=O)N1CCC[C@H]1c1ncc(-c2ccc3cc(-c4ccc(-c5cnc([C@@H]6[C@H]7CCC(C7)N6C(=O)OC(C)(C)C)[nH]5)cc4)ccc3c2)[nH]1. The predicted molar refractivity (Wildman–Crippen MR) is 201 cm³/mol. The van der Waals surface area contributed by atoms with Crippen LogP contribution in [0.3, 0.4) is 0 Å². The first-order chi connectivity index (χ1) is 25.5. The Morgan fingerprint density at radius 3 is 2.21 bits per heavy atom. The van der Waals surface area contributed by atoms with Gasteiger partial charge in [0, 0.05) is 18.2 Å². The monoisotopic (exact) mass is 715 g/mol. The fourth-order valence-corrected chi connectivity index (χ4v) is 8.31. The van der Waals surface area contributed by atoms with Crippen molar-refractivity contribution in [3.05, 3.63) is 84.7 Å². The Morgan fingerprint density at radius 2 is 1.47 bits per heavy atom. The van der Waals surface area contributed by atoms with Crippen LogP contribution < -0.4 is 5.32 Å². The fraction of sp³-hybridized carbons (Fsp3) is 0.390. The number of methoxy groups -OCH3 is 1. The van der Waals surface area contributed by atoms with Crippen molar-refractivity contribution in [3.63, 3.8) is 0 Å². The van der Waals surface area contributed by atoms with E-state index in [-0.39, 0.29) is 36.7 Å². The quantitative estimate of drug-likeness (QED) is 0.156. The number of alkyl carbamates (subject to hydrolysis) is 1. The third kappa shape index (κ3) is 6.85. The predicted octanol–water partition coefficient (Wildman–Crippen LogP) is 7.77. The normalized spacial score (nSPS) is 21.0. The molecule has 2 saturated heterocycles. The van der Waals surface area contributed by atoms with E-state index in [0.29, 0.717) is 12.5 Å². The number of hydrogen-bond acceptors (Lipinski definition) is 7. The van der Waals surface area contributed by atoms with E-state index < -0.39 is 11.7 Å². The van der Waals surface area contributed by atoms with Gasteiger partial charge in [-0.15, -0.1) is 0 Å². The second-order valence-electron chi connectivity index (χ2n) is 15.4. The molecule has 3 aromatic carbocycles. The van der Waals surface area contributed by atoms with Crippen molar-refractivity contribution in [2.24, 2.45) is 5.92 Å². The van der Waals surface area contributed by atoms with Crippen LogP contribution in [0.25, 0.3) is 44.4 Å². The molecular weight excluding hydrogens is 670 g/mol. The molecule has 4 heterocycles. The molecule has 0 radical (unpaired) electrons. The minimum atomic E-state index is -0.628. The van der Waals surface area contributed by atoms with E-state index in [1.807, 2.05) is 38.1 Å². The zero-order valence-corrected chi connectivity index (χ0v) is 30.5. The molecule has 4 atom stereocenters. The van der Waals surface area contributed by atoms with Crippen LogP contribution in [0.2, 0.25) is 0 Å². The number of likely N-dealkylation sites (tertiary alicyclic amines) is 2. The number of carbonyl (C=O) groups is 3. The van der Waals surface area contributed by atoms with Gasteiger partial charge in [-0.25, -0.2) is 19.6 Å². The third-order valence-corrected chi connectivity index (χ3v) is 10.8. The molecule has 274 valence electrons. The van der Waals surface area contributed by atoms with Gasteiger partial charge in [0.1, 0.15) is 23.8 Å². The molecule has 12 heteroatoms. The van der Waals surface area contributed by atoms with Crippen LogP contribution in [0, 0.1) is 5.92 Å². The van der Waals surface area contributed by atoms with Gasteiger partial charge in [-0.3, -0.25) is 9.69 Å². The number of amides is 3. The maximum Gasteiger partial charge on any atom is 0.411 e. The van der Waals surface area contributed by atoms with Crippen LogP contribution >= 0.6 is 0 Å². The van der Waals surface area contributed by atoms with Crippen LogP contribution in [0.5, 0.6) is 0 Å². The number of aromatic nitrogens is 4. The van der Waals surface area contributed by atoms with Crippen LogP contribution in [0.4, 0.5) is 9.59 Å². The summed E-state index contributed by atoms with van der Waals surface area (Å²) in [6.07, 6.45) is 7.58. The van der Waals surface area contributed by atoms with Gasteiger partial charge in [0.2, 0.25) is 5.91 Å². The van der Waals surface area contributed by atoms with Crippen molar-refractivity contribution in [2.45, 2.75) is 76.6 Å². The Balaban J connectivity index is 0.950. The number of H-pyrrole nitrogens is 2. The lowest BCUT2D eigenvalue weighted by Gasteiger charge is -2.35. The van der Waals surface area contributed by atoms with Gasteiger partial charge in [-0.1, -0.05) is 48.5 Å². The van der Waals surface area contributed by atoms with E-state index in [0.717, 1.165) is 88.2 Å². The molecule has 2 bridgehead atoms. The number of nitrogens with one attached hydrogen (secondary N) is 3. The van der Waals surface area contributed by atoms with Gasteiger partial charge >= 0.3 is 12.2 Å². The number of hydrogen-bond donors (Lipinski definition) is 3. The second-order valence-corrected chi connectivity index (χ2v) is 15.4. The second kappa shape index (κ2) is 13.7. The van der Waals surface area contributed by atoms with Gasteiger partial charge in [0.15, 0.2) is 0 Å². The molecule has 1 unspecified atom stereocenters. The van der Waals surface area contributed by atoms with Crippen LogP contribution in [0.1, 0.15) is 76.6 Å². The average molecular weight is 716 g/mol. The summed E-state index contributed by atoms with van der Waals surface area (Å²) in [6, 6.07) is 21.2. The smallest absolute Gasteiger partial charge is 0.411 e. The minimum Gasteiger partial charge on any atom is -0.453 e. The summed E-state index contributed by atoms with van der Waals surface area (Å²) in [4.78, 5) is 57.5. The molecule has 3 amide bonds. The molecule has 0 spiro atoms. The standard InChI is InChI=1S/C41H45N7O5/c1-41(2,3)53-40(51)48-31-16-15-30(20-31)36(48)38-43-21-32(46-38)25-9-7-24(8-10-25)26-11-12-28-19-29(14-13-27(28)18-26)33-22-42-37(45-33)34-6-5-17-47(34)35(49)23-44-39(50)52-4/h7-14,18-19,21-22,30-31,34,36H,5-6,15-17,20,23H2,1-4H3,(H,42,45)(H,43,46)(H,44,50)/t30-,31?,34-,36-/m0/s1. The van der Waals surface area contributed by atoms with Crippen molar-refractivity contribution in [3.8, 4) is 33.6 Å². The number of imidazole rings is 2. The third-order valence-electron chi connectivity index (χ3n) is 10.8. The zero-order valence-electron chi connectivity index (χ0n) is 30.5. The van der Waals surface area contributed by atoms with E-state index in [9.17, 15) is 14.4 Å². The maximum atomic E-state index is 13.2. The Bertz CT molecular complexity index is 2170. The molecule has 1 saturated carbocycles. The number of aromatic amines is 2. The number of ether oxygens (including phenoxy) is 2. The number of nitrogens with zero attached hydrogens (tertiary/aromatic N) is 4. The van der Waals surface area contributed by atoms with Gasteiger partial charge in [-0.05, 0) is 98.4 Å². The van der Waals surface area contributed by atoms with E-state index >= 15 is 0 Å². The summed E-state index contributed by atoms with van der Waals surface area (Å²) in [5, 5.41) is 4.71. The lowest BCUT2D eigenvalue weighted by atomic mass is 9.98. The first-order valence-electron chi connectivity index (χ1n) is 18.4. The minimum absolute atomic E-state index is 0.0958. The van der Waals surface area contributed by atoms with Crippen molar-refractivity contribution >= 4 is 28.9 Å². The van der Waals surface area contributed by atoms with E-state index in [1.54, 1.807) is 4.90 Å². The molecular formula is C41H45N7O5. The highest BCUT2D eigenvalue weighted by Crippen LogP contribution is 2.50. The summed E-state index contributed by atoms with van der Waals surface area (Å²) in [6.45, 7) is 6.22. The number of carbonyl (C=O) groups excluding carboxylic acids is 3. The highest BCUT2D eigenvalue weighted by Gasteiger charge is 2.51. The Kier molecular flexibility index (Phi) is 8.92. The number of benzene rings is 3. The maximum absolute atomic E-state index is 13.2. The Hall–Kier alpha value is -5.65. The molecule has 5 aromatic rings. The number of piperidine rings is 1. The Morgan fingerprint density at radius 1 is 0.830 bits per heavy atom. The van der Waals surface area contributed by atoms with Crippen molar-refractivity contribution in [1.82, 2.24) is 35.1 Å². The average Bonchev–Trinajstić information content (AvgIpc) is 4.00. The summed E-state index contributed by atoms with van der Waals surface area (Å²) >= 11 is 0. The van der Waals surface area contributed by atoms with Crippen LogP contribution in [0.15, 0.2) is 73.1 Å². The topological polar surface area (TPSA) is 146 Å². The van der Waals surface area contributed by atoms with Gasteiger partial charge in [-0.2, -0.15) is 0 Å². The van der Waals surface area contributed by atoms with Crippen molar-refractivity contribution in [1.29, 1.82) is 0 Å². The van der Waals surface area contributed by atoms with E-state index in [2.05, 4.69) is 85.7 Å². The molecule has 1 aliphatic carbocycles. The van der Waals surface area contributed by atoms with E-state index in [1.165, 1.54) is 7.11 Å². The highest BCUT2D eigenvalue weighted by molar-refractivity contribution is 5.90. The number of fused-ring (bicyclic) bond motifs is 3. The summed E-state index contributed by atoms with van der Waals surface area (Å²) in [5.41, 5.74) is 5.53. The molecule has 3 aliphatic rings. The highest BCUT2D eigenvalue weighted by atomic mass is 16.6. The summed E-state index contributed by atoms with van der Waals surface area (Å²) in [5.74, 6) is 1.78. The molecule has 2 aromatic heterocycles. The summed E-state index contributed by atoms with van der Waals surface area (Å²) < 4.78 is 10.4. The lowest BCUT2D eigenvalue weighted by Crippen LogP contribution is -2.43. The van der Waals surface area contributed by atoms with E-state index in [4.69, 9.17) is 9.72 Å². The first-order valence-corrected chi connectivity index (χ1v) is 18.4. The molecule has 3 N–H and O–H groups in total. The molecule has 53 heavy (non-hydrogen) atoms. The van der Waals surface area contributed by atoms with Gasteiger partial charge < -0.3 is 29.7 Å². The number of rotatable bonds is 7. The van der Waals surface area contributed by atoms with Crippen LogP contribution in [-0.2, 0) is 14.3 Å². The van der Waals surface area contributed by atoms with Crippen molar-refractivity contribution in [2.75, 3.05) is 20.2 Å². The molecule has 3 fully saturated rings. The Labute approximate surface area is 308 Å². The van der Waals surface area contributed by atoms with Crippen molar-refractivity contribution < 1.29 is 23.9 Å². The first kappa shape index (κ1) is 34.4. The molecule has 8 rings (SSSR count). The summed E-state index contributed by atoms with van der Waals surface area (Å²) in [7, 11) is 1.27. The largest absolute Gasteiger partial charge is 0.453 e. The fourth-order valence-electron chi connectivity index (χ4n) is 8.31. The molecule has 2 aliphatic heterocycles. The van der Waals surface area contributed by atoms with Crippen LogP contribution in [-0.4, -0.2) is 79.7 Å². The van der Waals surface area contributed by atoms with Gasteiger partial charge in [0.05, 0.1) is 43.0 Å². The van der Waals surface area contributed by atoms with Gasteiger partial charge in [0.25, 0.3) is 0 Å².